The molecule has 0 radical (unpaired) electrons. The lowest BCUT2D eigenvalue weighted by molar-refractivity contribution is -0.120. The van der Waals surface area contributed by atoms with Crippen LogP contribution in [0.15, 0.2) is 30.6 Å². The first kappa shape index (κ1) is 15.1. The molecule has 112 valence electrons. The van der Waals surface area contributed by atoms with Gasteiger partial charge < -0.3 is 10.6 Å². The van der Waals surface area contributed by atoms with Crippen LogP contribution in [0, 0.1) is 0 Å². The number of nitrogens with zero attached hydrogens (tertiary/aromatic N) is 4. The Hall–Kier alpha value is -2.28. The highest BCUT2D eigenvalue weighted by Crippen LogP contribution is 2.08. The topological polar surface area (TPSA) is 84.7 Å². The van der Waals surface area contributed by atoms with Crippen molar-refractivity contribution < 1.29 is 4.79 Å². The van der Waals surface area contributed by atoms with E-state index in [0.717, 1.165) is 17.8 Å². The number of benzene rings is 1. The molecule has 0 unspecified atom stereocenters. The lowest BCUT2D eigenvalue weighted by Crippen LogP contribution is -2.39. The van der Waals surface area contributed by atoms with E-state index in [2.05, 4.69) is 26.2 Å². The Labute approximate surface area is 123 Å². The summed E-state index contributed by atoms with van der Waals surface area (Å²) in [5, 5.41) is 17.2. The second kappa shape index (κ2) is 7.49. The van der Waals surface area contributed by atoms with Crippen molar-refractivity contribution in [1.29, 1.82) is 0 Å². The van der Waals surface area contributed by atoms with Crippen LogP contribution < -0.4 is 10.6 Å². The molecule has 0 bridgehead atoms. The first-order valence-corrected chi connectivity index (χ1v) is 7.01. The van der Waals surface area contributed by atoms with Gasteiger partial charge in [-0.1, -0.05) is 19.1 Å². The van der Waals surface area contributed by atoms with Gasteiger partial charge in [-0.05, 0) is 41.6 Å². The van der Waals surface area contributed by atoms with Crippen molar-refractivity contribution in [2.24, 2.45) is 0 Å². The second-order valence-electron chi connectivity index (χ2n) is 4.86. The molecule has 1 amide bonds. The number of nitrogens with one attached hydrogen (secondary N) is 2. The predicted octanol–water partition coefficient (Wildman–Crippen LogP) is 0.319. The number of amides is 1. The van der Waals surface area contributed by atoms with Crippen molar-refractivity contribution in [3.8, 4) is 5.69 Å². The van der Waals surface area contributed by atoms with Gasteiger partial charge in [0.05, 0.1) is 12.1 Å². The van der Waals surface area contributed by atoms with E-state index in [9.17, 15) is 4.79 Å². The molecule has 0 aliphatic carbocycles. The molecule has 1 aromatic carbocycles. The van der Waals surface area contributed by atoms with Gasteiger partial charge in [-0.2, -0.15) is 0 Å². The van der Waals surface area contributed by atoms with Crippen molar-refractivity contribution in [1.82, 2.24) is 30.8 Å². The van der Waals surface area contributed by atoms with Crippen molar-refractivity contribution in [3.63, 3.8) is 0 Å². The summed E-state index contributed by atoms with van der Waals surface area (Å²) in [7, 11) is 0. The number of hydrogen-bond donors (Lipinski definition) is 2. The van der Waals surface area contributed by atoms with Gasteiger partial charge in [0.1, 0.15) is 6.33 Å². The van der Waals surface area contributed by atoms with E-state index in [4.69, 9.17) is 0 Å². The summed E-state index contributed by atoms with van der Waals surface area (Å²) in [6, 6.07) is 7.87. The molecule has 0 saturated carbocycles. The number of carbonyl (C=O) groups excluding carboxylic acids is 1. The minimum absolute atomic E-state index is 0.0231. The van der Waals surface area contributed by atoms with Crippen LogP contribution in [0.1, 0.15) is 19.4 Å². The van der Waals surface area contributed by atoms with Gasteiger partial charge in [0, 0.05) is 12.6 Å². The fourth-order valence-electron chi connectivity index (χ4n) is 1.98. The average Bonchev–Trinajstić information content (AvgIpc) is 3.00. The lowest BCUT2D eigenvalue weighted by Gasteiger charge is -2.13. The minimum Gasteiger partial charge on any atom is -0.354 e. The Morgan fingerprint density at radius 3 is 2.71 bits per heavy atom. The van der Waals surface area contributed by atoms with E-state index < -0.39 is 0 Å². The van der Waals surface area contributed by atoms with E-state index in [-0.39, 0.29) is 11.9 Å². The number of aromatic nitrogens is 4. The Kier molecular flexibility index (Phi) is 5.39. The summed E-state index contributed by atoms with van der Waals surface area (Å²) in [5.74, 6) is 0.0231. The highest BCUT2D eigenvalue weighted by molar-refractivity contribution is 5.78. The van der Waals surface area contributed by atoms with Crippen LogP contribution in [-0.2, 0) is 11.2 Å². The van der Waals surface area contributed by atoms with E-state index in [1.165, 1.54) is 6.33 Å². The van der Waals surface area contributed by atoms with E-state index in [0.29, 0.717) is 13.0 Å². The normalized spacial score (nSPS) is 12.1. The van der Waals surface area contributed by atoms with Gasteiger partial charge in [-0.25, -0.2) is 4.68 Å². The SMILES string of the molecule is CCN[C@H](C)CNC(=O)Cc1ccc(-n2cnnn2)cc1. The molecule has 2 aromatic rings. The molecular formula is C14H20N6O. The fourth-order valence-corrected chi connectivity index (χ4v) is 1.98. The minimum atomic E-state index is 0.0231. The number of likely N-dealkylation sites (N-methyl/N-ethyl adjacent to an activating group) is 1. The molecule has 1 aromatic heterocycles. The van der Waals surface area contributed by atoms with Gasteiger partial charge in [0.25, 0.3) is 0 Å². The molecule has 7 nitrogen and oxygen atoms in total. The van der Waals surface area contributed by atoms with Gasteiger partial charge in [-0.3, -0.25) is 4.79 Å². The Bertz CT molecular complexity index is 551. The lowest BCUT2D eigenvalue weighted by atomic mass is 10.1. The predicted molar refractivity (Wildman–Crippen MR) is 79.0 cm³/mol. The van der Waals surface area contributed by atoms with E-state index in [1.54, 1.807) is 4.68 Å². The van der Waals surface area contributed by atoms with E-state index in [1.807, 2.05) is 38.1 Å². The molecule has 1 atom stereocenters. The largest absolute Gasteiger partial charge is 0.354 e. The molecule has 0 spiro atoms. The molecule has 0 aliphatic rings. The maximum Gasteiger partial charge on any atom is 0.224 e. The van der Waals surface area contributed by atoms with Gasteiger partial charge in [-0.15, -0.1) is 5.10 Å². The molecule has 7 heteroatoms. The molecular weight excluding hydrogens is 268 g/mol. The van der Waals surface area contributed by atoms with Gasteiger partial charge in [0.2, 0.25) is 5.91 Å². The number of tetrazole rings is 1. The summed E-state index contributed by atoms with van der Waals surface area (Å²) in [6.07, 6.45) is 1.90. The summed E-state index contributed by atoms with van der Waals surface area (Å²) >= 11 is 0. The maximum atomic E-state index is 11.9. The summed E-state index contributed by atoms with van der Waals surface area (Å²) in [5.41, 5.74) is 1.82. The molecule has 2 N–H and O–H groups in total. The van der Waals surface area contributed by atoms with Crippen LogP contribution in [0.25, 0.3) is 5.69 Å². The average molecular weight is 288 g/mol. The zero-order chi connectivity index (χ0) is 15.1. The van der Waals surface area contributed by atoms with Crippen molar-refractivity contribution in [3.05, 3.63) is 36.2 Å². The van der Waals surface area contributed by atoms with Gasteiger partial charge >= 0.3 is 0 Å². The Morgan fingerprint density at radius 1 is 1.33 bits per heavy atom. The zero-order valence-electron chi connectivity index (χ0n) is 12.3. The van der Waals surface area contributed by atoms with Crippen LogP contribution in [0.4, 0.5) is 0 Å². The fraction of sp³-hybridized carbons (Fsp3) is 0.429. The van der Waals surface area contributed by atoms with Gasteiger partial charge in [0.15, 0.2) is 0 Å². The quantitative estimate of drug-likeness (QED) is 0.766. The summed E-state index contributed by atoms with van der Waals surface area (Å²) in [4.78, 5) is 11.9. The van der Waals surface area contributed by atoms with Crippen LogP contribution in [0.2, 0.25) is 0 Å². The number of hydrogen-bond acceptors (Lipinski definition) is 5. The van der Waals surface area contributed by atoms with Crippen LogP contribution in [0.3, 0.4) is 0 Å². The first-order valence-electron chi connectivity index (χ1n) is 7.01. The molecule has 0 fully saturated rings. The summed E-state index contributed by atoms with van der Waals surface area (Å²) < 4.78 is 1.57. The molecule has 0 saturated heterocycles. The smallest absolute Gasteiger partial charge is 0.224 e. The first-order chi connectivity index (χ1) is 10.2. The van der Waals surface area contributed by atoms with Crippen LogP contribution in [-0.4, -0.2) is 45.2 Å². The Morgan fingerprint density at radius 2 is 2.10 bits per heavy atom. The van der Waals surface area contributed by atoms with Crippen LogP contribution in [0.5, 0.6) is 0 Å². The molecule has 0 aliphatic heterocycles. The van der Waals surface area contributed by atoms with Crippen LogP contribution >= 0.6 is 0 Å². The zero-order valence-corrected chi connectivity index (χ0v) is 12.3. The number of rotatable bonds is 7. The molecule has 1 heterocycles. The highest BCUT2D eigenvalue weighted by atomic mass is 16.1. The third-order valence-corrected chi connectivity index (χ3v) is 3.07. The maximum absolute atomic E-state index is 11.9. The monoisotopic (exact) mass is 288 g/mol. The molecule has 21 heavy (non-hydrogen) atoms. The third kappa shape index (κ3) is 4.64. The van der Waals surface area contributed by atoms with Crippen molar-refractivity contribution in [2.75, 3.05) is 13.1 Å². The Balaban J connectivity index is 1.84. The summed E-state index contributed by atoms with van der Waals surface area (Å²) in [6.45, 7) is 5.63. The van der Waals surface area contributed by atoms with E-state index >= 15 is 0 Å². The number of carbonyl (C=O) groups is 1. The highest BCUT2D eigenvalue weighted by Gasteiger charge is 2.06. The standard InChI is InChI=1S/C14H20N6O/c1-3-15-11(2)9-16-14(21)8-12-4-6-13(7-5-12)20-10-17-18-19-20/h4-7,10-11,15H,3,8-9H2,1-2H3,(H,16,21)/t11-/m1/s1. The molecule has 2 rings (SSSR count). The third-order valence-electron chi connectivity index (χ3n) is 3.07. The van der Waals surface area contributed by atoms with Crippen molar-refractivity contribution >= 4 is 5.91 Å². The van der Waals surface area contributed by atoms with Crippen molar-refractivity contribution in [2.45, 2.75) is 26.3 Å². The second-order valence-corrected chi connectivity index (χ2v) is 4.86.